The first-order valence-electron chi connectivity index (χ1n) is 33.6. The Balaban J connectivity index is 5.12. The zero-order valence-corrected chi connectivity index (χ0v) is 55.1. The lowest BCUT2D eigenvalue weighted by Gasteiger charge is -2.21. The molecular formula is C64H124O17P2. The standard InChI is InChI=1S/C64H124O17P2/c1-6-9-12-15-17-19-29-33-38-43-48-62(67)75-54-60(81-64(69)50-45-40-35-31-27-25-23-21-22-24-26-28-32-37-41-46-57(4)5)56-79-83(72,73)77-52-58(65)51-76-82(70,71)78-55-59(53-74-61(66)47-42-36-14-11-8-3)80-63(68)49-44-39-34-30-20-18-16-13-10-7-2/h57-60,65H,6-56H2,1-5H3,(H,70,71)(H,72,73)/t58-,59+,60+/m0/s1. The average molecular weight is 1230 g/mol. The van der Waals surface area contributed by atoms with Crippen molar-refractivity contribution in [3.63, 3.8) is 0 Å². The lowest BCUT2D eigenvalue weighted by Crippen LogP contribution is -2.30. The smallest absolute Gasteiger partial charge is 0.462 e. The molecule has 5 atom stereocenters. The first-order chi connectivity index (χ1) is 40.0. The molecule has 0 saturated carbocycles. The molecular weight excluding hydrogens is 1100 g/mol. The van der Waals surface area contributed by atoms with E-state index in [4.69, 9.17) is 37.0 Å². The number of phosphoric ester groups is 2. The lowest BCUT2D eigenvalue weighted by molar-refractivity contribution is -0.161. The Kier molecular flexibility index (Phi) is 56.4. The maximum Gasteiger partial charge on any atom is 0.472 e. The second-order valence-electron chi connectivity index (χ2n) is 23.6. The van der Waals surface area contributed by atoms with Crippen LogP contribution < -0.4 is 0 Å². The molecule has 0 rings (SSSR count). The van der Waals surface area contributed by atoms with Crippen molar-refractivity contribution in [3.8, 4) is 0 Å². The summed E-state index contributed by atoms with van der Waals surface area (Å²) in [7, 11) is -9.87. The molecule has 0 aliphatic rings. The van der Waals surface area contributed by atoms with Crippen molar-refractivity contribution < 1.29 is 80.2 Å². The second-order valence-corrected chi connectivity index (χ2v) is 26.5. The van der Waals surface area contributed by atoms with Gasteiger partial charge in [0.1, 0.15) is 19.3 Å². The fourth-order valence-corrected chi connectivity index (χ4v) is 11.2. The van der Waals surface area contributed by atoms with Crippen LogP contribution in [-0.4, -0.2) is 96.7 Å². The normalized spacial score (nSPS) is 14.2. The van der Waals surface area contributed by atoms with Crippen molar-refractivity contribution in [1.82, 2.24) is 0 Å². The van der Waals surface area contributed by atoms with Gasteiger partial charge in [0.15, 0.2) is 12.2 Å². The molecule has 0 spiro atoms. The van der Waals surface area contributed by atoms with Crippen LogP contribution in [0.15, 0.2) is 0 Å². The Morgan fingerprint density at radius 3 is 0.819 bits per heavy atom. The Morgan fingerprint density at radius 1 is 0.325 bits per heavy atom. The van der Waals surface area contributed by atoms with E-state index in [1.54, 1.807) is 0 Å². The minimum atomic E-state index is -4.94. The monoisotopic (exact) mass is 1230 g/mol. The van der Waals surface area contributed by atoms with Gasteiger partial charge < -0.3 is 33.8 Å². The molecule has 0 radical (unpaired) electrons. The molecule has 0 saturated heterocycles. The van der Waals surface area contributed by atoms with E-state index in [0.29, 0.717) is 25.7 Å². The first-order valence-corrected chi connectivity index (χ1v) is 36.6. The predicted molar refractivity (Wildman–Crippen MR) is 331 cm³/mol. The maximum atomic E-state index is 13.0. The molecule has 0 amide bonds. The summed E-state index contributed by atoms with van der Waals surface area (Å²) in [6.45, 7) is 7.12. The number of hydrogen-bond donors (Lipinski definition) is 3. The van der Waals surface area contributed by atoms with Crippen LogP contribution in [0, 0.1) is 5.92 Å². The summed E-state index contributed by atoms with van der Waals surface area (Å²) >= 11 is 0. The molecule has 0 aliphatic carbocycles. The fraction of sp³-hybridized carbons (Fsp3) is 0.938. The first kappa shape index (κ1) is 81.1. The quantitative estimate of drug-likeness (QED) is 0.0222. The summed E-state index contributed by atoms with van der Waals surface area (Å²) < 4.78 is 67.8. The third-order valence-electron chi connectivity index (χ3n) is 14.8. The second kappa shape index (κ2) is 57.8. The number of esters is 4. The zero-order valence-electron chi connectivity index (χ0n) is 53.3. The van der Waals surface area contributed by atoms with E-state index in [9.17, 15) is 43.2 Å². The van der Waals surface area contributed by atoms with E-state index >= 15 is 0 Å². The molecule has 0 aliphatic heterocycles. The highest BCUT2D eigenvalue weighted by molar-refractivity contribution is 7.47. The van der Waals surface area contributed by atoms with Crippen molar-refractivity contribution in [2.24, 2.45) is 5.92 Å². The van der Waals surface area contributed by atoms with Gasteiger partial charge in [-0.05, 0) is 31.6 Å². The zero-order chi connectivity index (χ0) is 61.3. The van der Waals surface area contributed by atoms with Gasteiger partial charge in [-0.15, -0.1) is 0 Å². The molecule has 0 heterocycles. The van der Waals surface area contributed by atoms with Crippen molar-refractivity contribution in [2.75, 3.05) is 39.6 Å². The third kappa shape index (κ3) is 58.8. The number of rotatable bonds is 64. The highest BCUT2D eigenvalue weighted by atomic mass is 31.2. The van der Waals surface area contributed by atoms with Gasteiger partial charge in [-0.3, -0.25) is 37.3 Å². The van der Waals surface area contributed by atoms with Gasteiger partial charge in [0, 0.05) is 25.7 Å². The number of phosphoric acid groups is 2. The molecule has 2 unspecified atom stereocenters. The van der Waals surface area contributed by atoms with Crippen LogP contribution in [0.1, 0.15) is 324 Å². The van der Waals surface area contributed by atoms with Gasteiger partial charge in [0.2, 0.25) is 0 Å². The molecule has 0 bridgehead atoms. The molecule has 0 aromatic rings. The van der Waals surface area contributed by atoms with Crippen LogP contribution in [0.25, 0.3) is 0 Å². The molecule has 19 heteroatoms. The summed E-state index contributed by atoms with van der Waals surface area (Å²) in [5.74, 6) is -1.34. The molecule has 492 valence electrons. The number of aliphatic hydroxyl groups is 1. The van der Waals surface area contributed by atoms with E-state index in [2.05, 4.69) is 34.6 Å². The summed E-state index contributed by atoms with van der Waals surface area (Å²) in [5, 5.41) is 10.5. The Bertz CT molecular complexity index is 1620. The topological polar surface area (TPSA) is 237 Å². The van der Waals surface area contributed by atoms with Crippen LogP contribution in [-0.2, 0) is 65.4 Å². The highest BCUT2D eigenvalue weighted by Gasteiger charge is 2.30. The van der Waals surface area contributed by atoms with Gasteiger partial charge in [-0.2, -0.15) is 0 Å². The van der Waals surface area contributed by atoms with E-state index in [1.807, 2.05) is 0 Å². The Hall–Kier alpha value is -1.94. The van der Waals surface area contributed by atoms with Crippen LogP contribution in [0.5, 0.6) is 0 Å². The molecule has 3 N–H and O–H groups in total. The number of carbonyl (C=O) groups is 4. The van der Waals surface area contributed by atoms with Crippen LogP contribution in [0.2, 0.25) is 0 Å². The number of unbranched alkanes of at least 4 members (excludes halogenated alkanes) is 36. The van der Waals surface area contributed by atoms with Crippen LogP contribution >= 0.6 is 15.6 Å². The third-order valence-corrected chi connectivity index (χ3v) is 16.7. The predicted octanol–water partition coefficient (Wildman–Crippen LogP) is 17.8. The molecule has 17 nitrogen and oxygen atoms in total. The van der Waals surface area contributed by atoms with Crippen molar-refractivity contribution in [2.45, 2.75) is 342 Å². The molecule has 0 fully saturated rings. The van der Waals surface area contributed by atoms with Crippen molar-refractivity contribution >= 4 is 39.5 Å². The van der Waals surface area contributed by atoms with E-state index < -0.39 is 97.5 Å². The van der Waals surface area contributed by atoms with E-state index in [-0.39, 0.29) is 25.7 Å². The summed E-state index contributed by atoms with van der Waals surface area (Å²) in [5.41, 5.74) is 0. The number of hydrogen-bond acceptors (Lipinski definition) is 15. The van der Waals surface area contributed by atoms with Gasteiger partial charge in [0.05, 0.1) is 26.4 Å². The molecule has 0 aromatic carbocycles. The summed E-state index contributed by atoms with van der Waals surface area (Å²) in [4.78, 5) is 71.9. The van der Waals surface area contributed by atoms with Crippen molar-refractivity contribution in [1.29, 1.82) is 0 Å². The number of carbonyl (C=O) groups excluding carboxylic acids is 4. The fourth-order valence-electron chi connectivity index (χ4n) is 9.58. The van der Waals surface area contributed by atoms with Crippen LogP contribution in [0.3, 0.4) is 0 Å². The molecule has 0 aromatic heterocycles. The highest BCUT2D eigenvalue weighted by Crippen LogP contribution is 2.45. The van der Waals surface area contributed by atoms with Crippen molar-refractivity contribution in [3.05, 3.63) is 0 Å². The number of aliphatic hydroxyl groups excluding tert-OH is 1. The summed E-state index contributed by atoms with van der Waals surface area (Å²) in [6.07, 6.45) is 42.0. The van der Waals surface area contributed by atoms with Gasteiger partial charge in [-0.1, -0.05) is 272 Å². The lowest BCUT2D eigenvalue weighted by atomic mass is 10.0. The minimum absolute atomic E-state index is 0.106. The van der Waals surface area contributed by atoms with Crippen LogP contribution in [0.4, 0.5) is 0 Å². The Morgan fingerprint density at radius 2 is 0.554 bits per heavy atom. The van der Waals surface area contributed by atoms with Gasteiger partial charge in [0.25, 0.3) is 0 Å². The average Bonchev–Trinajstić information content (AvgIpc) is 3.47. The molecule has 83 heavy (non-hydrogen) atoms. The maximum absolute atomic E-state index is 13.0. The summed E-state index contributed by atoms with van der Waals surface area (Å²) in [6, 6.07) is 0. The van der Waals surface area contributed by atoms with E-state index in [1.165, 1.54) is 141 Å². The van der Waals surface area contributed by atoms with E-state index in [0.717, 1.165) is 102 Å². The van der Waals surface area contributed by atoms with Gasteiger partial charge in [-0.25, -0.2) is 9.13 Å². The minimum Gasteiger partial charge on any atom is -0.462 e. The SMILES string of the molecule is CCCCCCCCCCCCC(=O)OC[C@H](COP(=O)(O)OC[C@@H](O)COP(=O)(O)OC[C@@H](COC(=O)CCCCCCC)OC(=O)CCCCCCCCCCCC)OC(=O)CCCCCCCCCCCCCCCCCC(C)C. The Labute approximate surface area is 505 Å². The van der Waals surface area contributed by atoms with Gasteiger partial charge >= 0.3 is 39.5 Å². The number of ether oxygens (including phenoxy) is 4. The largest absolute Gasteiger partial charge is 0.472 e.